The number of hydrogen-bond acceptors (Lipinski definition) is 5. The highest BCUT2D eigenvalue weighted by Gasteiger charge is 2.37. The number of aryl methyl sites for hydroxylation is 1. The number of carbonyl (C=O) groups is 3. The first-order chi connectivity index (χ1) is 11.5. The van der Waals surface area contributed by atoms with Crippen molar-refractivity contribution in [1.29, 1.82) is 0 Å². The number of rotatable bonds is 4. The third-order valence-electron chi connectivity index (χ3n) is 4.65. The van der Waals surface area contributed by atoms with Crippen molar-refractivity contribution in [2.75, 3.05) is 32.7 Å². The van der Waals surface area contributed by atoms with Gasteiger partial charge in [-0.3, -0.25) is 14.4 Å². The summed E-state index contributed by atoms with van der Waals surface area (Å²) in [4.78, 5) is 41.3. The smallest absolute Gasteiger partial charge is 0.312 e. The average molecular weight is 334 g/mol. The molecule has 0 unspecified atom stereocenters. The standard InChI is InChI=1S/C16H22N4O4/c1-3-18-7-8-19(16(23)15(18)22)10-14(21)20-6-4-5-12(20)13-9-11(2)17-24-13/h9,12H,3-8,10H2,1-2H3/t12-/m1/s1. The van der Waals surface area contributed by atoms with Crippen molar-refractivity contribution in [3.8, 4) is 0 Å². The molecule has 2 aliphatic rings. The second-order valence-corrected chi connectivity index (χ2v) is 6.23. The maximum absolute atomic E-state index is 12.7. The minimum atomic E-state index is -0.595. The van der Waals surface area contributed by atoms with Gasteiger partial charge in [-0.1, -0.05) is 5.16 Å². The molecule has 130 valence electrons. The predicted molar refractivity (Wildman–Crippen MR) is 83.8 cm³/mol. The maximum atomic E-state index is 12.7. The van der Waals surface area contributed by atoms with Crippen LogP contribution in [-0.4, -0.2) is 70.3 Å². The second-order valence-electron chi connectivity index (χ2n) is 6.23. The highest BCUT2D eigenvalue weighted by molar-refractivity contribution is 6.35. The summed E-state index contributed by atoms with van der Waals surface area (Å²) in [6.45, 7) is 5.60. The van der Waals surface area contributed by atoms with Gasteiger partial charge in [-0.05, 0) is 26.7 Å². The van der Waals surface area contributed by atoms with Crippen LogP contribution < -0.4 is 0 Å². The first-order valence-corrected chi connectivity index (χ1v) is 8.32. The van der Waals surface area contributed by atoms with Crippen molar-refractivity contribution in [1.82, 2.24) is 19.9 Å². The molecule has 8 heteroatoms. The topological polar surface area (TPSA) is 87.0 Å². The van der Waals surface area contributed by atoms with Gasteiger partial charge in [-0.25, -0.2) is 0 Å². The van der Waals surface area contributed by atoms with Crippen LogP contribution in [0.3, 0.4) is 0 Å². The molecule has 0 saturated carbocycles. The lowest BCUT2D eigenvalue weighted by Gasteiger charge is -2.34. The third kappa shape index (κ3) is 3.00. The molecule has 0 bridgehead atoms. The van der Waals surface area contributed by atoms with Crippen molar-refractivity contribution >= 4 is 17.7 Å². The fourth-order valence-corrected chi connectivity index (χ4v) is 3.32. The van der Waals surface area contributed by atoms with E-state index in [1.54, 1.807) is 4.90 Å². The molecule has 2 fully saturated rings. The highest BCUT2D eigenvalue weighted by Crippen LogP contribution is 2.32. The van der Waals surface area contributed by atoms with E-state index in [0.29, 0.717) is 31.9 Å². The normalized spacial score (nSPS) is 21.8. The molecule has 1 aromatic rings. The van der Waals surface area contributed by atoms with Gasteiger partial charge in [-0.2, -0.15) is 0 Å². The summed E-state index contributed by atoms with van der Waals surface area (Å²) in [6, 6.07) is 1.70. The lowest BCUT2D eigenvalue weighted by molar-refractivity contribution is -0.157. The lowest BCUT2D eigenvalue weighted by atomic mass is 10.1. The number of likely N-dealkylation sites (tertiary alicyclic amines) is 1. The van der Waals surface area contributed by atoms with Crippen LogP contribution in [0.1, 0.15) is 37.3 Å². The Bertz CT molecular complexity index is 656. The van der Waals surface area contributed by atoms with Gasteiger partial charge in [0.25, 0.3) is 0 Å². The molecule has 1 atom stereocenters. The van der Waals surface area contributed by atoms with Gasteiger partial charge in [-0.15, -0.1) is 0 Å². The Hall–Kier alpha value is -2.38. The average Bonchev–Trinajstić information content (AvgIpc) is 3.20. The fourth-order valence-electron chi connectivity index (χ4n) is 3.32. The monoisotopic (exact) mass is 334 g/mol. The van der Waals surface area contributed by atoms with Gasteiger partial charge >= 0.3 is 11.8 Å². The quantitative estimate of drug-likeness (QED) is 0.741. The summed E-state index contributed by atoms with van der Waals surface area (Å²) in [6.07, 6.45) is 1.70. The number of likely N-dealkylation sites (N-methyl/N-ethyl adjacent to an activating group) is 1. The van der Waals surface area contributed by atoms with E-state index < -0.39 is 11.8 Å². The van der Waals surface area contributed by atoms with Crippen LogP contribution in [-0.2, 0) is 14.4 Å². The van der Waals surface area contributed by atoms with Gasteiger partial charge in [0.15, 0.2) is 5.76 Å². The first kappa shape index (κ1) is 16.5. The predicted octanol–water partition coefficient (Wildman–Crippen LogP) is 0.337. The van der Waals surface area contributed by atoms with Crippen molar-refractivity contribution in [3.63, 3.8) is 0 Å². The molecule has 3 heterocycles. The SMILES string of the molecule is CCN1CCN(CC(=O)N2CCC[C@@H]2c2cc(C)no2)C(=O)C1=O. The summed E-state index contributed by atoms with van der Waals surface area (Å²) < 4.78 is 5.30. The number of amides is 3. The molecule has 1 aromatic heterocycles. The van der Waals surface area contributed by atoms with Gasteiger partial charge in [0.1, 0.15) is 6.54 Å². The van der Waals surface area contributed by atoms with E-state index >= 15 is 0 Å². The van der Waals surface area contributed by atoms with Crippen LogP contribution in [0, 0.1) is 6.92 Å². The second kappa shape index (κ2) is 6.62. The molecule has 0 radical (unpaired) electrons. The molecule has 0 N–H and O–H groups in total. The van der Waals surface area contributed by atoms with Crippen LogP contribution >= 0.6 is 0 Å². The zero-order valence-corrected chi connectivity index (χ0v) is 14.0. The number of aromatic nitrogens is 1. The van der Waals surface area contributed by atoms with Crippen molar-refractivity contribution in [2.24, 2.45) is 0 Å². The highest BCUT2D eigenvalue weighted by atomic mass is 16.5. The van der Waals surface area contributed by atoms with Gasteiger partial charge in [0.05, 0.1) is 11.7 Å². The molecule has 0 aliphatic carbocycles. The van der Waals surface area contributed by atoms with Crippen LogP contribution in [0.5, 0.6) is 0 Å². The molecular weight excluding hydrogens is 312 g/mol. The van der Waals surface area contributed by atoms with Gasteiger partial charge in [0, 0.05) is 32.2 Å². The summed E-state index contributed by atoms with van der Waals surface area (Å²) >= 11 is 0. The fraction of sp³-hybridized carbons (Fsp3) is 0.625. The third-order valence-corrected chi connectivity index (χ3v) is 4.65. The molecule has 3 amide bonds. The molecule has 24 heavy (non-hydrogen) atoms. The van der Waals surface area contributed by atoms with Crippen LogP contribution in [0.2, 0.25) is 0 Å². The molecule has 2 saturated heterocycles. The van der Waals surface area contributed by atoms with Crippen molar-refractivity contribution < 1.29 is 18.9 Å². The molecule has 2 aliphatic heterocycles. The summed E-state index contributed by atoms with van der Waals surface area (Å²) in [5.41, 5.74) is 0.778. The number of hydrogen-bond donors (Lipinski definition) is 0. The Balaban J connectivity index is 1.66. The molecule has 8 nitrogen and oxygen atoms in total. The van der Waals surface area contributed by atoms with Crippen LogP contribution in [0.4, 0.5) is 0 Å². The minimum absolute atomic E-state index is 0.0637. The lowest BCUT2D eigenvalue weighted by Crippen LogP contribution is -2.56. The van der Waals surface area contributed by atoms with E-state index in [1.807, 2.05) is 19.9 Å². The Morgan fingerprint density at radius 3 is 2.62 bits per heavy atom. The van der Waals surface area contributed by atoms with E-state index in [-0.39, 0.29) is 18.5 Å². The number of carbonyl (C=O) groups excluding carboxylic acids is 3. The Labute approximate surface area is 140 Å². The van der Waals surface area contributed by atoms with Gasteiger partial charge < -0.3 is 19.2 Å². The number of nitrogens with zero attached hydrogens (tertiary/aromatic N) is 4. The summed E-state index contributed by atoms with van der Waals surface area (Å²) in [7, 11) is 0. The molecule has 0 spiro atoms. The number of piperazine rings is 1. The largest absolute Gasteiger partial charge is 0.359 e. The first-order valence-electron chi connectivity index (χ1n) is 8.32. The van der Waals surface area contributed by atoms with E-state index in [2.05, 4.69) is 5.16 Å². The Morgan fingerprint density at radius 2 is 1.96 bits per heavy atom. The molecular formula is C16H22N4O4. The van der Waals surface area contributed by atoms with Crippen LogP contribution in [0.25, 0.3) is 0 Å². The van der Waals surface area contributed by atoms with E-state index in [0.717, 1.165) is 18.5 Å². The van der Waals surface area contributed by atoms with Crippen LogP contribution in [0.15, 0.2) is 10.6 Å². The summed E-state index contributed by atoms with van der Waals surface area (Å²) in [5.74, 6) is -0.600. The van der Waals surface area contributed by atoms with Gasteiger partial charge in [0.2, 0.25) is 5.91 Å². The van der Waals surface area contributed by atoms with E-state index in [9.17, 15) is 14.4 Å². The van der Waals surface area contributed by atoms with E-state index in [4.69, 9.17) is 4.52 Å². The minimum Gasteiger partial charge on any atom is -0.359 e. The maximum Gasteiger partial charge on any atom is 0.312 e. The summed E-state index contributed by atoms with van der Waals surface area (Å²) in [5, 5.41) is 3.88. The molecule has 0 aromatic carbocycles. The zero-order chi connectivity index (χ0) is 17.3. The Kier molecular flexibility index (Phi) is 4.55. The Morgan fingerprint density at radius 1 is 1.25 bits per heavy atom. The van der Waals surface area contributed by atoms with E-state index in [1.165, 1.54) is 9.80 Å². The van der Waals surface area contributed by atoms with Crippen molar-refractivity contribution in [2.45, 2.75) is 32.7 Å². The van der Waals surface area contributed by atoms with Crippen molar-refractivity contribution in [3.05, 3.63) is 17.5 Å². The molecule has 3 rings (SSSR count). The zero-order valence-electron chi connectivity index (χ0n) is 14.0.